The first kappa shape index (κ1) is 11.0. The fourth-order valence-electron chi connectivity index (χ4n) is 1.88. The molecule has 1 amide bonds. The van der Waals surface area contributed by atoms with Gasteiger partial charge in [-0.15, -0.1) is 0 Å². The Kier molecular flexibility index (Phi) is 2.98. The fraction of sp³-hybridized carbons (Fsp3) is 0.0667. The molecule has 3 aromatic rings. The van der Waals surface area contributed by atoms with E-state index in [9.17, 15) is 9.90 Å². The topological polar surface area (TPSA) is 87.2 Å². The first-order valence-electron chi connectivity index (χ1n) is 7.75. The Bertz CT molecular complexity index is 910. The largest absolute Gasteiger partial charge is 0.508 e. The molecule has 0 saturated carbocycles. The predicted molar refractivity (Wildman–Crippen MR) is 84.4 cm³/mol. The summed E-state index contributed by atoms with van der Waals surface area (Å²) in [5.74, 6) is 0.295. The molecule has 0 saturated heterocycles. The smallest absolute Gasteiger partial charge is 0.413 e. The Morgan fingerprint density at radius 2 is 2.09 bits per heavy atom. The fourth-order valence-corrected chi connectivity index (χ4v) is 2.74. The van der Waals surface area contributed by atoms with Gasteiger partial charge >= 0.3 is 6.09 Å². The molecule has 112 valence electrons. The van der Waals surface area contributed by atoms with E-state index in [-0.39, 0.29) is 11.7 Å². The van der Waals surface area contributed by atoms with E-state index in [4.69, 9.17) is 4.11 Å². The van der Waals surface area contributed by atoms with Crippen LogP contribution in [0.4, 0.5) is 10.7 Å². The van der Waals surface area contributed by atoms with Crippen molar-refractivity contribution in [2.24, 2.45) is 0 Å². The molecular formula is C15H13N3O3S. The van der Waals surface area contributed by atoms with Gasteiger partial charge in [0.25, 0.3) is 0 Å². The molecule has 0 spiro atoms. The average Bonchev–Trinajstić information content (AvgIpc) is 2.89. The number of aromatic amines is 1. The van der Waals surface area contributed by atoms with Crippen LogP contribution >= 0.6 is 11.8 Å². The van der Waals surface area contributed by atoms with Crippen molar-refractivity contribution >= 4 is 34.8 Å². The van der Waals surface area contributed by atoms with Crippen LogP contribution in [0.3, 0.4) is 0 Å². The van der Waals surface area contributed by atoms with Crippen molar-refractivity contribution in [1.29, 1.82) is 0 Å². The van der Waals surface area contributed by atoms with Gasteiger partial charge in [0.2, 0.25) is 5.95 Å². The lowest BCUT2D eigenvalue weighted by molar-refractivity contribution is 0.186. The molecule has 0 atom stereocenters. The number of imidazole rings is 1. The maximum atomic E-state index is 11.5. The van der Waals surface area contributed by atoms with Gasteiger partial charge in [-0.25, -0.2) is 9.78 Å². The number of ether oxygens (including phenoxy) is 1. The number of phenolic OH excluding ortho intramolecular Hbond substituents is 1. The number of carbonyl (C=O) groups excluding carboxylic acids is 1. The molecule has 1 heterocycles. The number of phenols is 1. The van der Waals surface area contributed by atoms with Crippen molar-refractivity contribution in [1.82, 2.24) is 9.97 Å². The first-order chi connectivity index (χ1) is 11.8. The van der Waals surface area contributed by atoms with E-state index in [0.29, 0.717) is 11.0 Å². The lowest BCUT2D eigenvalue weighted by Gasteiger charge is -2.01. The molecule has 3 N–H and O–H groups in total. The highest BCUT2D eigenvalue weighted by molar-refractivity contribution is 7.99. The summed E-state index contributed by atoms with van der Waals surface area (Å²) in [5.41, 5.74) is 1.28. The number of anilines is 1. The summed E-state index contributed by atoms with van der Waals surface area (Å²) in [6, 6.07) is 12.3. The maximum Gasteiger partial charge on any atom is 0.413 e. The number of hydrogen-bond donors (Lipinski definition) is 3. The van der Waals surface area contributed by atoms with Gasteiger partial charge in [0.1, 0.15) is 5.75 Å². The van der Waals surface area contributed by atoms with E-state index >= 15 is 0 Å². The zero-order valence-electron chi connectivity index (χ0n) is 14.2. The number of benzene rings is 2. The number of fused-ring (bicyclic) bond motifs is 1. The van der Waals surface area contributed by atoms with Gasteiger partial charge in [-0.2, -0.15) is 0 Å². The summed E-state index contributed by atoms with van der Waals surface area (Å²) in [5, 5.41) is 11.5. The summed E-state index contributed by atoms with van der Waals surface area (Å²) in [6.07, 6.45) is -1.11. The standard InChI is InChI=1S/C15H13N3O3S/c1-21-15(20)18-14-16-12-7-6-11(8-13(12)17-14)22-10-4-2-9(19)3-5-10/h2-8,19H,1H3,(H2,16,17,18,20)/i1D3. The Labute approximate surface area is 134 Å². The minimum atomic E-state index is -2.82. The van der Waals surface area contributed by atoms with E-state index < -0.39 is 13.1 Å². The van der Waals surface area contributed by atoms with Crippen molar-refractivity contribution < 1.29 is 18.8 Å². The van der Waals surface area contributed by atoms with Crippen molar-refractivity contribution in [2.75, 3.05) is 12.4 Å². The number of H-pyrrole nitrogens is 1. The molecule has 22 heavy (non-hydrogen) atoms. The Hall–Kier alpha value is -2.67. The zero-order valence-corrected chi connectivity index (χ0v) is 12.0. The molecule has 0 bridgehead atoms. The number of nitrogens with one attached hydrogen (secondary N) is 2. The lowest BCUT2D eigenvalue weighted by Crippen LogP contribution is -2.11. The molecule has 2 aromatic carbocycles. The van der Waals surface area contributed by atoms with Gasteiger partial charge in [0.15, 0.2) is 0 Å². The number of nitrogens with zero attached hydrogens (tertiary/aromatic N) is 1. The second-order valence-corrected chi connectivity index (χ2v) is 5.52. The van der Waals surface area contributed by atoms with Gasteiger partial charge in [-0.1, -0.05) is 11.8 Å². The van der Waals surface area contributed by atoms with E-state index in [0.717, 1.165) is 9.79 Å². The van der Waals surface area contributed by atoms with E-state index in [1.54, 1.807) is 30.3 Å². The summed E-state index contributed by atoms with van der Waals surface area (Å²) in [7, 11) is -2.82. The summed E-state index contributed by atoms with van der Waals surface area (Å²) in [6.45, 7) is 0. The van der Waals surface area contributed by atoms with Crippen molar-refractivity contribution in [2.45, 2.75) is 9.79 Å². The third-order valence-electron chi connectivity index (χ3n) is 2.84. The first-order valence-corrected chi connectivity index (χ1v) is 7.07. The Morgan fingerprint density at radius 1 is 1.32 bits per heavy atom. The predicted octanol–water partition coefficient (Wildman–Crippen LogP) is 3.60. The molecule has 0 aliphatic carbocycles. The summed E-state index contributed by atoms with van der Waals surface area (Å²) >= 11 is 1.50. The van der Waals surface area contributed by atoms with Crippen molar-refractivity contribution in [3.63, 3.8) is 0 Å². The van der Waals surface area contributed by atoms with Crippen LogP contribution in [0.1, 0.15) is 4.11 Å². The van der Waals surface area contributed by atoms with Gasteiger partial charge in [-0.05, 0) is 42.5 Å². The normalized spacial score (nSPS) is 13.2. The van der Waals surface area contributed by atoms with Crippen LogP contribution in [0.25, 0.3) is 11.0 Å². The van der Waals surface area contributed by atoms with Crippen molar-refractivity contribution in [3.8, 4) is 5.75 Å². The highest BCUT2D eigenvalue weighted by Gasteiger charge is 2.07. The minimum Gasteiger partial charge on any atom is -0.508 e. The van der Waals surface area contributed by atoms with E-state index in [2.05, 4.69) is 20.0 Å². The van der Waals surface area contributed by atoms with Gasteiger partial charge < -0.3 is 14.8 Å². The highest BCUT2D eigenvalue weighted by Crippen LogP contribution is 2.30. The molecule has 6 nitrogen and oxygen atoms in total. The van der Waals surface area contributed by atoms with Crippen LogP contribution in [0.5, 0.6) is 5.75 Å². The number of carbonyl (C=O) groups is 1. The molecule has 0 aliphatic rings. The SMILES string of the molecule is [2H]C([2H])([2H])OC(=O)Nc1nc2ccc(Sc3ccc(O)cc3)cc2[nH]1. The van der Waals surface area contributed by atoms with Crippen LogP contribution in [0.2, 0.25) is 0 Å². The van der Waals surface area contributed by atoms with Crippen LogP contribution in [-0.4, -0.2) is 28.2 Å². The second kappa shape index (κ2) is 5.98. The van der Waals surface area contributed by atoms with E-state index in [1.165, 1.54) is 11.8 Å². The average molecular weight is 318 g/mol. The lowest BCUT2D eigenvalue weighted by atomic mass is 10.3. The number of aromatic nitrogens is 2. The van der Waals surface area contributed by atoms with Crippen LogP contribution in [0, 0.1) is 0 Å². The Balaban J connectivity index is 1.75. The maximum absolute atomic E-state index is 11.5. The number of methoxy groups -OCH3 is 1. The van der Waals surface area contributed by atoms with Crippen LogP contribution < -0.4 is 5.32 Å². The second-order valence-electron chi connectivity index (χ2n) is 4.37. The quantitative estimate of drug-likeness (QED) is 0.687. The van der Waals surface area contributed by atoms with Gasteiger partial charge in [-0.3, -0.25) is 5.32 Å². The van der Waals surface area contributed by atoms with Crippen molar-refractivity contribution in [3.05, 3.63) is 42.5 Å². The molecule has 3 rings (SSSR count). The number of hydrogen-bond acceptors (Lipinski definition) is 5. The highest BCUT2D eigenvalue weighted by atomic mass is 32.2. The minimum absolute atomic E-state index is 0.0935. The molecule has 0 aliphatic heterocycles. The van der Waals surface area contributed by atoms with Gasteiger partial charge in [0.05, 0.1) is 22.2 Å². The third-order valence-corrected chi connectivity index (χ3v) is 3.84. The molecule has 7 heteroatoms. The molecule has 1 aromatic heterocycles. The van der Waals surface area contributed by atoms with Crippen LogP contribution in [0.15, 0.2) is 52.3 Å². The zero-order chi connectivity index (χ0) is 18.0. The number of rotatable bonds is 3. The molecule has 0 fully saturated rings. The molecule has 0 unspecified atom stereocenters. The van der Waals surface area contributed by atoms with Crippen LogP contribution in [-0.2, 0) is 4.74 Å². The van der Waals surface area contributed by atoms with Gasteiger partial charge in [0, 0.05) is 9.79 Å². The molecule has 0 radical (unpaired) electrons. The molecular weight excluding hydrogens is 302 g/mol. The monoisotopic (exact) mass is 318 g/mol. The summed E-state index contributed by atoms with van der Waals surface area (Å²) < 4.78 is 24.9. The third kappa shape index (κ3) is 3.15. The Morgan fingerprint density at radius 3 is 2.86 bits per heavy atom. The summed E-state index contributed by atoms with van der Waals surface area (Å²) in [4.78, 5) is 20.4. The van der Waals surface area contributed by atoms with E-state index in [1.807, 2.05) is 12.1 Å². The number of amides is 1. The number of aromatic hydroxyl groups is 1.